The van der Waals surface area contributed by atoms with Crippen molar-refractivity contribution in [2.24, 2.45) is 5.92 Å². The van der Waals surface area contributed by atoms with Gasteiger partial charge in [0, 0.05) is 12.6 Å². The van der Waals surface area contributed by atoms with Crippen LogP contribution in [-0.2, 0) is 16.0 Å². The summed E-state index contributed by atoms with van der Waals surface area (Å²) in [4.78, 5) is 26.0. The fraction of sp³-hybridized carbons (Fsp3) is 0.545. The SMILES string of the molecule is CC(C)(C)OC(=O)N1CCCC[C@H]1[C@H](C=O)/C=C/CCc1ccccc1. The molecule has 2 rings (SSSR count). The zero-order valence-electron chi connectivity index (χ0n) is 16.2. The van der Waals surface area contributed by atoms with Crippen LogP contribution < -0.4 is 0 Å². The number of aldehydes is 1. The van der Waals surface area contributed by atoms with E-state index in [-0.39, 0.29) is 18.1 Å². The van der Waals surface area contributed by atoms with Crippen molar-refractivity contribution < 1.29 is 14.3 Å². The zero-order valence-corrected chi connectivity index (χ0v) is 16.2. The number of ether oxygens (including phenoxy) is 1. The number of piperidine rings is 1. The van der Waals surface area contributed by atoms with Gasteiger partial charge < -0.3 is 14.4 Å². The number of nitrogens with zero attached hydrogens (tertiary/aromatic N) is 1. The molecule has 0 N–H and O–H groups in total. The maximum Gasteiger partial charge on any atom is 0.410 e. The number of aryl methyl sites for hydroxylation is 1. The van der Waals surface area contributed by atoms with E-state index in [1.807, 2.05) is 45.0 Å². The van der Waals surface area contributed by atoms with Crippen molar-refractivity contribution in [2.45, 2.75) is 64.5 Å². The largest absolute Gasteiger partial charge is 0.444 e. The summed E-state index contributed by atoms with van der Waals surface area (Å²) in [6.07, 6.45) is 9.34. The molecule has 0 spiro atoms. The Morgan fingerprint density at radius 3 is 2.65 bits per heavy atom. The van der Waals surface area contributed by atoms with Gasteiger partial charge in [-0.25, -0.2) is 4.79 Å². The molecule has 0 bridgehead atoms. The van der Waals surface area contributed by atoms with E-state index in [2.05, 4.69) is 18.2 Å². The van der Waals surface area contributed by atoms with E-state index in [0.717, 1.165) is 38.4 Å². The molecule has 1 aliphatic rings. The lowest BCUT2D eigenvalue weighted by Gasteiger charge is -2.38. The maximum absolute atomic E-state index is 12.5. The highest BCUT2D eigenvalue weighted by molar-refractivity contribution is 5.70. The minimum Gasteiger partial charge on any atom is -0.444 e. The zero-order chi connectivity index (χ0) is 19.0. The van der Waals surface area contributed by atoms with E-state index in [1.165, 1.54) is 5.56 Å². The summed E-state index contributed by atoms with van der Waals surface area (Å²) >= 11 is 0. The van der Waals surface area contributed by atoms with Gasteiger partial charge >= 0.3 is 6.09 Å². The van der Waals surface area contributed by atoms with Gasteiger partial charge in [-0.15, -0.1) is 0 Å². The summed E-state index contributed by atoms with van der Waals surface area (Å²) in [5.41, 5.74) is 0.759. The van der Waals surface area contributed by atoms with E-state index in [1.54, 1.807) is 4.90 Å². The molecule has 0 radical (unpaired) electrons. The summed E-state index contributed by atoms with van der Waals surface area (Å²) in [5.74, 6) is -0.279. The third-order valence-electron chi connectivity index (χ3n) is 4.58. The van der Waals surface area contributed by atoms with Gasteiger partial charge in [-0.1, -0.05) is 42.5 Å². The minimum atomic E-state index is -0.527. The Kier molecular flexibility index (Phi) is 7.43. The molecule has 4 nitrogen and oxygen atoms in total. The van der Waals surface area contributed by atoms with Gasteiger partial charge in [0.05, 0.1) is 5.92 Å². The van der Waals surface area contributed by atoms with Crippen molar-refractivity contribution in [3.8, 4) is 0 Å². The van der Waals surface area contributed by atoms with Crippen LogP contribution in [0.3, 0.4) is 0 Å². The second-order valence-electron chi connectivity index (χ2n) is 7.90. The van der Waals surface area contributed by atoms with Crippen molar-refractivity contribution in [1.29, 1.82) is 0 Å². The van der Waals surface area contributed by atoms with Gasteiger partial charge in [-0.2, -0.15) is 0 Å². The fourth-order valence-electron chi connectivity index (χ4n) is 3.32. The Morgan fingerprint density at radius 2 is 2.00 bits per heavy atom. The van der Waals surface area contributed by atoms with Gasteiger partial charge in [-0.3, -0.25) is 0 Å². The topological polar surface area (TPSA) is 46.6 Å². The van der Waals surface area contributed by atoms with E-state index < -0.39 is 5.60 Å². The van der Waals surface area contributed by atoms with Gasteiger partial charge in [0.2, 0.25) is 0 Å². The number of hydrogen-bond donors (Lipinski definition) is 0. The first-order valence-electron chi connectivity index (χ1n) is 9.56. The van der Waals surface area contributed by atoms with Crippen LogP contribution in [0, 0.1) is 5.92 Å². The van der Waals surface area contributed by atoms with E-state index in [9.17, 15) is 9.59 Å². The number of hydrogen-bond acceptors (Lipinski definition) is 3. The molecule has 26 heavy (non-hydrogen) atoms. The molecule has 142 valence electrons. The first-order chi connectivity index (χ1) is 12.4. The van der Waals surface area contributed by atoms with Gasteiger partial charge in [0.25, 0.3) is 0 Å². The third kappa shape index (κ3) is 6.32. The molecule has 1 aromatic rings. The van der Waals surface area contributed by atoms with Crippen LogP contribution in [0.25, 0.3) is 0 Å². The molecule has 1 heterocycles. The lowest BCUT2D eigenvalue weighted by molar-refractivity contribution is -0.111. The number of benzene rings is 1. The number of likely N-dealkylation sites (tertiary alicyclic amines) is 1. The average molecular weight is 357 g/mol. The smallest absolute Gasteiger partial charge is 0.410 e. The summed E-state index contributed by atoms with van der Waals surface area (Å²) in [6, 6.07) is 10.2. The summed E-state index contributed by atoms with van der Waals surface area (Å²) in [6.45, 7) is 6.25. The molecule has 1 aliphatic heterocycles. The Bertz CT molecular complexity index is 604. The molecule has 0 aliphatic carbocycles. The van der Waals surface area contributed by atoms with Crippen LogP contribution in [0.15, 0.2) is 42.5 Å². The Hall–Kier alpha value is -2.10. The third-order valence-corrected chi connectivity index (χ3v) is 4.58. The van der Waals surface area contributed by atoms with E-state index >= 15 is 0 Å². The van der Waals surface area contributed by atoms with Crippen LogP contribution in [-0.4, -0.2) is 35.5 Å². The quantitative estimate of drug-likeness (QED) is 0.544. The van der Waals surface area contributed by atoms with Crippen LogP contribution in [0.2, 0.25) is 0 Å². The molecule has 1 aromatic carbocycles. The van der Waals surface area contributed by atoms with Gasteiger partial charge in [0.1, 0.15) is 11.9 Å². The summed E-state index contributed by atoms with van der Waals surface area (Å²) in [7, 11) is 0. The van der Waals surface area contributed by atoms with Crippen LogP contribution in [0.5, 0.6) is 0 Å². The molecule has 1 amide bonds. The number of carbonyl (C=O) groups excluding carboxylic acids is 2. The highest BCUT2D eigenvalue weighted by Gasteiger charge is 2.34. The number of allylic oxidation sites excluding steroid dienone is 1. The molecule has 0 saturated carbocycles. The van der Waals surface area contributed by atoms with Crippen molar-refractivity contribution in [3.63, 3.8) is 0 Å². The van der Waals surface area contributed by atoms with Crippen LogP contribution >= 0.6 is 0 Å². The van der Waals surface area contributed by atoms with E-state index in [0.29, 0.717) is 6.54 Å². The highest BCUT2D eigenvalue weighted by atomic mass is 16.6. The number of amides is 1. The Balaban J connectivity index is 1.97. The molecule has 0 unspecified atom stereocenters. The van der Waals surface area contributed by atoms with E-state index in [4.69, 9.17) is 4.74 Å². The Labute approximate surface area is 157 Å². The fourth-order valence-corrected chi connectivity index (χ4v) is 3.32. The molecule has 2 atom stereocenters. The molecule has 1 saturated heterocycles. The number of rotatable bonds is 6. The van der Waals surface area contributed by atoms with Crippen molar-refractivity contribution >= 4 is 12.4 Å². The lowest BCUT2D eigenvalue weighted by Crippen LogP contribution is -2.49. The average Bonchev–Trinajstić information content (AvgIpc) is 2.61. The molecule has 4 heteroatoms. The van der Waals surface area contributed by atoms with Crippen LogP contribution in [0.1, 0.15) is 52.0 Å². The van der Waals surface area contributed by atoms with Crippen LogP contribution in [0.4, 0.5) is 4.79 Å². The van der Waals surface area contributed by atoms with Gasteiger partial charge in [-0.05, 0) is 58.4 Å². The molecular weight excluding hydrogens is 326 g/mol. The predicted octanol–water partition coefficient (Wildman–Crippen LogP) is 4.78. The summed E-state index contributed by atoms with van der Waals surface area (Å²) in [5, 5.41) is 0. The normalized spacial score (nSPS) is 19.3. The second kappa shape index (κ2) is 9.56. The molecule has 1 fully saturated rings. The highest BCUT2D eigenvalue weighted by Crippen LogP contribution is 2.25. The first kappa shape index (κ1) is 20.2. The minimum absolute atomic E-state index is 0.107. The second-order valence-corrected chi connectivity index (χ2v) is 7.90. The first-order valence-corrected chi connectivity index (χ1v) is 9.56. The standard InChI is InChI=1S/C22H31NO3/c1-22(2,3)26-21(25)23-16-10-9-15-20(23)19(17-24)14-8-7-13-18-11-5-4-6-12-18/h4-6,8,11-12,14,17,19-20H,7,9-10,13,15-16H2,1-3H3/b14-8+/t19-,20-/m0/s1. The number of carbonyl (C=O) groups is 2. The van der Waals surface area contributed by atoms with Crippen molar-refractivity contribution in [3.05, 3.63) is 48.0 Å². The maximum atomic E-state index is 12.5. The Morgan fingerprint density at radius 1 is 1.27 bits per heavy atom. The van der Waals surface area contributed by atoms with Gasteiger partial charge in [0.15, 0.2) is 0 Å². The monoisotopic (exact) mass is 357 g/mol. The lowest BCUT2D eigenvalue weighted by atomic mass is 9.90. The molecule has 0 aromatic heterocycles. The van der Waals surface area contributed by atoms with Crippen molar-refractivity contribution in [2.75, 3.05) is 6.54 Å². The summed E-state index contributed by atoms with van der Waals surface area (Å²) < 4.78 is 5.53. The van der Waals surface area contributed by atoms with Crippen molar-refractivity contribution in [1.82, 2.24) is 4.90 Å². The molecular formula is C22H31NO3. The predicted molar refractivity (Wildman–Crippen MR) is 104 cm³/mol.